The average Bonchev–Trinajstić information content (AvgIpc) is 4.08. The minimum atomic E-state index is -1.43. The molecule has 24 nitrogen and oxygen atoms in total. The molecule has 74 heavy (non-hydrogen) atoms. The van der Waals surface area contributed by atoms with Gasteiger partial charge in [-0.1, -0.05) is 76.6 Å². The maximum absolute atomic E-state index is 14.6. The summed E-state index contributed by atoms with van der Waals surface area (Å²) in [5, 5.41) is 38.5. The van der Waals surface area contributed by atoms with Gasteiger partial charge in [0.05, 0.1) is 18.4 Å². The van der Waals surface area contributed by atoms with Gasteiger partial charge in [0, 0.05) is 44.2 Å². The number of hydrogen-bond acceptors (Lipinski definition) is 12. The number of aromatic amines is 1. The maximum Gasteiger partial charge on any atom is 0.335 e. The summed E-state index contributed by atoms with van der Waals surface area (Å²) in [7, 11) is 1.56. The lowest BCUT2D eigenvalue weighted by molar-refractivity contribution is -0.145. The summed E-state index contributed by atoms with van der Waals surface area (Å²) in [6.07, 6.45) is 3.95. The molecule has 2 aromatic carbocycles. The summed E-state index contributed by atoms with van der Waals surface area (Å²) in [6.45, 7) is 7.01. The molecule has 24 heteroatoms. The first-order chi connectivity index (χ1) is 35.2. The number of carboxylic acids is 2. The molecule has 0 spiro atoms. The molecule has 14 N–H and O–H groups in total. The topological polar surface area (TPSA) is 375 Å². The highest BCUT2D eigenvalue weighted by Crippen LogP contribution is 2.21. The van der Waals surface area contributed by atoms with Crippen LogP contribution in [0.25, 0.3) is 0 Å². The zero-order chi connectivity index (χ0) is 54.5. The van der Waals surface area contributed by atoms with Gasteiger partial charge < -0.3 is 68.8 Å². The van der Waals surface area contributed by atoms with Crippen molar-refractivity contribution in [1.29, 1.82) is 0 Å². The lowest BCUT2D eigenvalue weighted by Gasteiger charge is -2.32. The van der Waals surface area contributed by atoms with Crippen molar-refractivity contribution in [2.45, 2.75) is 121 Å². The average molecular weight is 1030 g/mol. The number of H-pyrrole nitrogens is 1. The first-order valence-corrected chi connectivity index (χ1v) is 24.6. The van der Waals surface area contributed by atoms with Crippen LogP contribution in [0.3, 0.4) is 0 Å². The summed E-state index contributed by atoms with van der Waals surface area (Å²) in [4.78, 5) is 134. The number of imidazole rings is 1. The van der Waals surface area contributed by atoms with Gasteiger partial charge in [-0.05, 0) is 67.8 Å². The zero-order valence-corrected chi connectivity index (χ0v) is 42.4. The molecule has 1 aliphatic rings. The smallest absolute Gasteiger partial charge is 0.335 e. The van der Waals surface area contributed by atoms with E-state index in [2.05, 4.69) is 52.2 Å². The molecule has 402 valence electrons. The molecular formula is C50H71N13O11. The Hall–Kier alpha value is -7.89. The predicted molar refractivity (Wildman–Crippen MR) is 272 cm³/mol. The summed E-state index contributed by atoms with van der Waals surface area (Å²) in [5.41, 5.74) is 12.4. The Morgan fingerprint density at radius 2 is 1.38 bits per heavy atom. The standard InChI is InChI=1S/C50H71N13O11/c1-6-29(4)41(46(69)59-36(24-33-25-54-27-56-33)47(70)63-21-11-15-38(63)44(67)60-37(49(73)74)23-30-12-8-7-9-13-30)62-43(66)35(22-31-16-18-32(19-17-31)48(71)72)58-45(68)40(28(2)3)61-42(65)34(57-39(64)26-53-5)14-10-20-55-50(51)52/h7-9,12-13,16-19,25,27-29,34-38,40-41,53H,6,10-11,14-15,20-24,26H2,1-5H3,(H,54,56)(H,57,64)(H,58,68)(H,59,69)(H,60,67)(H,61,65)(H,62,66)(H,71,72)(H,73,74)(H4,51,52,55)/t29-,34-,35?,36-,37-,38-,40-,41-/m0/s1. The van der Waals surface area contributed by atoms with Crippen LogP contribution in [0, 0.1) is 11.8 Å². The van der Waals surface area contributed by atoms with Crippen LogP contribution in [-0.4, -0.2) is 153 Å². The van der Waals surface area contributed by atoms with Gasteiger partial charge in [0.15, 0.2) is 5.96 Å². The Morgan fingerprint density at radius 1 is 0.757 bits per heavy atom. The van der Waals surface area contributed by atoms with Crippen molar-refractivity contribution in [3.8, 4) is 0 Å². The van der Waals surface area contributed by atoms with Gasteiger partial charge in [0.1, 0.15) is 42.3 Å². The number of amides is 7. The number of carbonyl (C=O) groups is 9. The number of benzene rings is 2. The van der Waals surface area contributed by atoms with E-state index in [0.29, 0.717) is 36.1 Å². The molecule has 4 rings (SSSR count). The molecule has 8 atom stereocenters. The molecule has 2 heterocycles. The van der Waals surface area contributed by atoms with E-state index < -0.39 is 107 Å². The summed E-state index contributed by atoms with van der Waals surface area (Å²) in [5.74, 6) is -8.60. The number of carbonyl (C=O) groups excluding carboxylic acids is 7. The number of aliphatic imine (C=N–C) groups is 1. The Morgan fingerprint density at radius 3 is 1.97 bits per heavy atom. The highest BCUT2D eigenvalue weighted by Gasteiger charge is 2.41. The number of nitrogens with two attached hydrogens (primary N) is 2. The van der Waals surface area contributed by atoms with E-state index in [1.54, 1.807) is 65.1 Å². The monoisotopic (exact) mass is 1030 g/mol. The number of hydrogen-bond donors (Lipinski definition) is 12. The van der Waals surface area contributed by atoms with Gasteiger partial charge in [-0.3, -0.25) is 38.6 Å². The summed E-state index contributed by atoms with van der Waals surface area (Å²) < 4.78 is 0. The van der Waals surface area contributed by atoms with E-state index in [1.807, 2.05) is 0 Å². The van der Waals surface area contributed by atoms with Crippen LogP contribution >= 0.6 is 0 Å². The largest absolute Gasteiger partial charge is 0.480 e. The molecular weight excluding hydrogens is 959 g/mol. The number of aliphatic carboxylic acids is 1. The molecule has 1 fully saturated rings. The van der Waals surface area contributed by atoms with E-state index in [0.717, 1.165) is 0 Å². The Labute approximate surface area is 429 Å². The number of likely N-dealkylation sites (tertiary alicyclic amines) is 1. The third-order valence-corrected chi connectivity index (χ3v) is 12.6. The van der Waals surface area contributed by atoms with Crippen molar-refractivity contribution in [2.24, 2.45) is 28.3 Å². The van der Waals surface area contributed by atoms with Gasteiger partial charge in [0.2, 0.25) is 41.4 Å². The highest BCUT2D eigenvalue weighted by atomic mass is 16.4. The molecule has 0 saturated carbocycles. The number of likely N-dealkylation sites (N-methyl/N-ethyl adjacent to an activating group) is 1. The Kier molecular flexibility index (Phi) is 23.0. The van der Waals surface area contributed by atoms with Crippen LogP contribution in [0.1, 0.15) is 87.0 Å². The molecule has 0 bridgehead atoms. The number of rotatable bonds is 29. The molecule has 3 aromatic rings. The van der Waals surface area contributed by atoms with Crippen LogP contribution in [0.4, 0.5) is 0 Å². The minimum absolute atomic E-state index is 0.00260. The summed E-state index contributed by atoms with van der Waals surface area (Å²) >= 11 is 0. The lowest BCUT2D eigenvalue weighted by atomic mass is 9.96. The van der Waals surface area contributed by atoms with Gasteiger partial charge in [0.25, 0.3) is 0 Å². The van der Waals surface area contributed by atoms with Crippen molar-refractivity contribution in [2.75, 3.05) is 26.7 Å². The predicted octanol–water partition coefficient (Wildman–Crippen LogP) is -0.905. The molecule has 1 aliphatic heterocycles. The number of nitrogens with one attached hydrogen (secondary N) is 8. The lowest BCUT2D eigenvalue weighted by Crippen LogP contribution is -2.62. The third-order valence-electron chi connectivity index (χ3n) is 12.6. The van der Waals surface area contributed by atoms with E-state index in [1.165, 1.54) is 41.7 Å². The van der Waals surface area contributed by atoms with E-state index in [9.17, 15) is 53.4 Å². The quantitative estimate of drug-likeness (QED) is 0.0228. The zero-order valence-electron chi connectivity index (χ0n) is 42.4. The van der Waals surface area contributed by atoms with Crippen LogP contribution in [0.5, 0.6) is 0 Å². The van der Waals surface area contributed by atoms with Crippen molar-refractivity contribution >= 4 is 59.2 Å². The van der Waals surface area contributed by atoms with Crippen molar-refractivity contribution in [3.63, 3.8) is 0 Å². The van der Waals surface area contributed by atoms with Crippen molar-refractivity contribution in [1.82, 2.24) is 52.1 Å². The molecule has 0 aliphatic carbocycles. The van der Waals surface area contributed by atoms with Gasteiger partial charge in [-0.25, -0.2) is 14.6 Å². The fourth-order valence-electron chi connectivity index (χ4n) is 8.31. The molecule has 0 radical (unpaired) electrons. The third kappa shape index (κ3) is 18.0. The first-order valence-electron chi connectivity index (χ1n) is 24.6. The SMILES string of the molecule is CC[C@H](C)[C@H](NC(=O)C(Cc1ccc(C(=O)O)cc1)NC(=O)[C@@H](NC(=O)[C@H](CCCN=C(N)N)NC(=O)CNC)C(C)C)C(=O)N[C@@H](Cc1cnc[nH]1)C(=O)N1CCC[C@H]1C(=O)N[C@@H](Cc1ccccc1)C(=O)O. The van der Waals surface area contributed by atoms with Crippen molar-refractivity contribution < 1.29 is 53.4 Å². The first kappa shape index (κ1) is 58.7. The minimum Gasteiger partial charge on any atom is -0.480 e. The number of guanidine groups is 1. The second kappa shape index (κ2) is 29.0. The summed E-state index contributed by atoms with van der Waals surface area (Å²) in [6, 6.07) is 5.62. The molecule has 7 amide bonds. The number of aromatic nitrogens is 2. The number of carboxylic acid groups (broad SMARTS) is 2. The van der Waals surface area contributed by atoms with E-state index in [4.69, 9.17) is 11.5 Å². The van der Waals surface area contributed by atoms with E-state index in [-0.39, 0.29) is 63.3 Å². The Bertz CT molecular complexity index is 2410. The molecule has 1 aromatic heterocycles. The van der Waals surface area contributed by atoms with Gasteiger partial charge in [-0.2, -0.15) is 0 Å². The van der Waals surface area contributed by atoms with Gasteiger partial charge >= 0.3 is 11.9 Å². The van der Waals surface area contributed by atoms with Crippen LogP contribution in [0.2, 0.25) is 0 Å². The normalized spacial score (nSPS) is 16.0. The van der Waals surface area contributed by atoms with Crippen LogP contribution in [0.15, 0.2) is 72.1 Å². The van der Waals surface area contributed by atoms with Gasteiger partial charge in [-0.15, -0.1) is 0 Å². The number of aromatic carboxylic acids is 1. The molecule has 1 saturated heterocycles. The van der Waals surface area contributed by atoms with Crippen LogP contribution < -0.4 is 48.7 Å². The molecule has 1 unspecified atom stereocenters. The fourth-order valence-corrected chi connectivity index (χ4v) is 8.31. The second-order valence-corrected chi connectivity index (χ2v) is 18.6. The number of nitrogens with zero attached hydrogens (tertiary/aromatic N) is 3. The second-order valence-electron chi connectivity index (χ2n) is 18.6. The Balaban J connectivity index is 1.61. The fraction of sp³-hybridized carbons (Fsp3) is 0.500. The maximum atomic E-state index is 14.6. The highest BCUT2D eigenvalue weighted by molar-refractivity contribution is 5.98. The van der Waals surface area contributed by atoms with Crippen molar-refractivity contribution in [3.05, 3.63) is 89.5 Å². The van der Waals surface area contributed by atoms with E-state index >= 15 is 0 Å². The van der Waals surface area contributed by atoms with Crippen LogP contribution in [-0.2, 0) is 57.6 Å².